The van der Waals surface area contributed by atoms with Crippen LogP contribution in [0.5, 0.6) is 0 Å². The summed E-state index contributed by atoms with van der Waals surface area (Å²) < 4.78 is 5.49. The van der Waals surface area contributed by atoms with Gasteiger partial charge in [-0.1, -0.05) is 85.6 Å². The lowest BCUT2D eigenvalue weighted by Gasteiger charge is -2.18. The van der Waals surface area contributed by atoms with Crippen LogP contribution in [0.1, 0.15) is 80.1 Å². The average molecular weight is 783 g/mol. The van der Waals surface area contributed by atoms with Gasteiger partial charge in [0.2, 0.25) is 5.91 Å². The minimum atomic E-state index is -0.690. The summed E-state index contributed by atoms with van der Waals surface area (Å²) in [6.45, 7) is 2.03. The number of carbonyl (C=O) groups excluding carboxylic acids is 4. The number of fused-ring (bicyclic) bond motifs is 2. The molecule has 4 aromatic carbocycles. The SMILES string of the molecule is CCOC(=O)c1c(NC(=O)C(Sc2cccc(NC(=O)/C(=C/c3c[nH]c4ccccc34)NC(=O)c3ccccc3)c2)c2ccccc2)sc2c1CCCCCC2. The van der Waals surface area contributed by atoms with Crippen molar-refractivity contribution in [3.63, 3.8) is 0 Å². The van der Waals surface area contributed by atoms with Crippen LogP contribution in [0.3, 0.4) is 0 Å². The number of H-pyrrole nitrogens is 1. The molecular weight excluding hydrogens is 741 g/mol. The number of carbonyl (C=O) groups is 4. The Hall–Kier alpha value is -5.91. The van der Waals surface area contributed by atoms with Crippen LogP contribution >= 0.6 is 23.1 Å². The molecule has 2 heterocycles. The summed E-state index contributed by atoms with van der Waals surface area (Å²) in [5.74, 6) is -1.62. The number of thiophene rings is 1. The van der Waals surface area contributed by atoms with Crippen molar-refractivity contribution in [3.05, 3.63) is 154 Å². The van der Waals surface area contributed by atoms with Gasteiger partial charge in [-0.2, -0.15) is 0 Å². The number of rotatable bonds is 12. The molecule has 0 saturated heterocycles. The highest BCUT2D eigenvalue weighted by molar-refractivity contribution is 8.00. The molecule has 284 valence electrons. The van der Waals surface area contributed by atoms with Crippen LogP contribution in [0, 0.1) is 0 Å². The van der Waals surface area contributed by atoms with Gasteiger partial charge in [-0.15, -0.1) is 23.1 Å². The van der Waals surface area contributed by atoms with E-state index in [1.165, 1.54) is 23.1 Å². The van der Waals surface area contributed by atoms with Crippen molar-refractivity contribution in [1.29, 1.82) is 0 Å². The first-order chi connectivity index (χ1) is 27.4. The molecule has 1 unspecified atom stereocenters. The molecule has 2 aromatic heterocycles. The molecule has 0 aliphatic heterocycles. The Morgan fingerprint density at radius 1 is 0.839 bits per heavy atom. The molecule has 7 rings (SSSR count). The number of hydrogen-bond acceptors (Lipinski definition) is 7. The van der Waals surface area contributed by atoms with Gasteiger partial charge in [0.05, 0.1) is 12.2 Å². The van der Waals surface area contributed by atoms with Crippen LogP contribution in [0.25, 0.3) is 17.0 Å². The third kappa shape index (κ3) is 9.13. The van der Waals surface area contributed by atoms with Crippen molar-refractivity contribution >= 4 is 74.5 Å². The molecule has 1 aliphatic rings. The predicted molar refractivity (Wildman–Crippen MR) is 225 cm³/mol. The fraction of sp³-hybridized carbons (Fsp3) is 0.200. The standard InChI is InChI=1S/C45H42N4O5S2/c1-2-54-45(53)39-35-23-11-3-4-12-25-38(35)56-44(39)49-43(52)40(29-16-7-5-8-17-29)55-33-21-15-20-32(27-33)47-42(51)37(48-41(50)30-18-9-6-10-19-30)26-31-28-46-36-24-14-13-22-34(31)36/h5-10,13-22,24,26-28,40,46H,2-4,11-12,23,25H2,1H3,(H,47,51)(H,48,50)(H,49,52)/b37-26-. The monoisotopic (exact) mass is 782 g/mol. The maximum absolute atomic E-state index is 14.3. The lowest BCUT2D eigenvalue weighted by molar-refractivity contribution is -0.116. The molecule has 1 aliphatic carbocycles. The molecule has 6 aromatic rings. The Balaban J connectivity index is 1.15. The Kier molecular flexibility index (Phi) is 12.4. The molecule has 0 saturated carbocycles. The predicted octanol–water partition coefficient (Wildman–Crippen LogP) is 9.95. The number of benzene rings is 4. The maximum Gasteiger partial charge on any atom is 0.341 e. The van der Waals surface area contributed by atoms with Gasteiger partial charge in [0.1, 0.15) is 15.9 Å². The highest BCUT2D eigenvalue weighted by Gasteiger charge is 2.29. The smallest absolute Gasteiger partial charge is 0.341 e. The summed E-state index contributed by atoms with van der Waals surface area (Å²) in [4.78, 5) is 60.0. The van der Waals surface area contributed by atoms with Crippen LogP contribution in [0.2, 0.25) is 0 Å². The number of ether oxygens (including phenoxy) is 1. The molecule has 0 bridgehead atoms. The van der Waals surface area contributed by atoms with Crippen molar-refractivity contribution in [1.82, 2.24) is 10.3 Å². The number of esters is 1. The van der Waals surface area contributed by atoms with Gasteiger partial charge in [0, 0.05) is 43.7 Å². The Labute approximate surface area is 334 Å². The van der Waals surface area contributed by atoms with Crippen LogP contribution in [0.4, 0.5) is 10.7 Å². The molecule has 9 nitrogen and oxygen atoms in total. The normalized spacial score (nSPS) is 13.5. The molecule has 1 atom stereocenters. The van der Waals surface area contributed by atoms with E-state index in [9.17, 15) is 19.2 Å². The summed E-state index contributed by atoms with van der Waals surface area (Å²) in [6.07, 6.45) is 9.37. The van der Waals surface area contributed by atoms with E-state index in [0.717, 1.165) is 75.9 Å². The van der Waals surface area contributed by atoms with Gasteiger partial charge in [-0.3, -0.25) is 14.4 Å². The molecule has 56 heavy (non-hydrogen) atoms. The average Bonchev–Trinajstić information content (AvgIpc) is 3.77. The second-order valence-electron chi connectivity index (χ2n) is 13.4. The van der Waals surface area contributed by atoms with E-state index in [2.05, 4.69) is 20.9 Å². The van der Waals surface area contributed by atoms with Gasteiger partial charge in [0.15, 0.2) is 0 Å². The van der Waals surface area contributed by atoms with Gasteiger partial charge in [-0.05, 0) is 86.2 Å². The first kappa shape index (κ1) is 38.4. The summed E-state index contributed by atoms with van der Waals surface area (Å²) >= 11 is 2.81. The van der Waals surface area contributed by atoms with Gasteiger partial charge in [0.25, 0.3) is 11.8 Å². The van der Waals surface area contributed by atoms with E-state index in [1.807, 2.05) is 72.8 Å². The van der Waals surface area contributed by atoms with Crippen LogP contribution in [-0.2, 0) is 27.2 Å². The largest absolute Gasteiger partial charge is 0.462 e. The van der Waals surface area contributed by atoms with Crippen LogP contribution < -0.4 is 16.0 Å². The first-order valence-electron chi connectivity index (χ1n) is 18.8. The minimum absolute atomic E-state index is 0.0608. The highest BCUT2D eigenvalue weighted by atomic mass is 32.2. The number of nitrogens with one attached hydrogen (secondary N) is 4. The fourth-order valence-electron chi connectivity index (χ4n) is 6.80. The van der Waals surface area contributed by atoms with E-state index in [-0.39, 0.29) is 18.2 Å². The number of hydrogen-bond donors (Lipinski definition) is 4. The van der Waals surface area contributed by atoms with Gasteiger partial charge < -0.3 is 25.7 Å². The van der Waals surface area contributed by atoms with Gasteiger partial charge in [-0.25, -0.2) is 4.79 Å². The summed E-state index contributed by atoms with van der Waals surface area (Å²) in [7, 11) is 0. The lowest BCUT2D eigenvalue weighted by Crippen LogP contribution is -2.30. The third-order valence-corrected chi connectivity index (χ3v) is 12.0. The second-order valence-corrected chi connectivity index (χ2v) is 15.7. The molecule has 4 N–H and O–H groups in total. The molecule has 3 amide bonds. The molecule has 0 radical (unpaired) electrons. The van der Waals surface area contributed by atoms with E-state index >= 15 is 0 Å². The second kappa shape index (κ2) is 18.1. The van der Waals surface area contributed by atoms with Crippen molar-refractivity contribution in [2.45, 2.75) is 55.6 Å². The highest BCUT2D eigenvalue weighted by Crippen LogP contribution is 2.41. The van der Waals surface area contributed by atoms with Crippen molar-refractivity contribution in [3.8, 4) is 0 Å². The number of aromatic nitrogens is 1. The van der Waals surface area contributed by atoms with Crippen molar-refractivity contribution in [2.24, 2.45) is 0 Å². The number of anilines is 2. The number of para-hydroxylation sites is 1. The quantitative estimate of drug-likeness (QED) is 0.0556. The van der Waals surface area contributed by atoms with E-state index in [4.69, 9.17) is 4.74 Å². The lowest BCUT2D eigenvalue weighted by atomic mass is 9.96. The number of aromatic amines is 1. The molecule has 0 spiro atoms. The zero-order valence-corrected chi connectivity index (χ0v) is 32.6. The number of thioether (sulfide) groups is 1. The maximum atomic E-state index is 14.3. The first-order valence-corrected chi connectivity index (χ1v) is 20.5. The Bertz CT molecular complexity index is 2390. The van der Waals surface area contributed by atoms with Crippen LogP contribution in [-0.4, -0.2) is 35.3 Å². The van der Waals surface area contributed by atoms with Crippen LogP contribution in [0.15, 0.2) is 126 Å². The third-order valence-electron chi connectivity index (χ3n) is 9.52. The number of amides is 3. The summed E-state index contributed by atoms with van der Waals surface area (Å²) in [6, 6.07) is 33.2. The fourth-order valence-corrected chi connectivity index (χ4v) is 9.16. The topological polar surface area (TPSA) is 129 Å². The van der Waals surface area contributed by atoms with Gasteiger partial charge >= 0.3 is 5.97 Å². The zero-order chi connectivity index (χ0) is 38.9. The van der Waals surface area contributed by atoms with E-state index in [0.29, 0.717) is 21.8 Å². The zero-order valence-electron chi connectivity index (χ0n) is 30.9. The van der Waals surface area contributed by atoms with Crippen molar-refractivity contribution < 1.29 is 23.9 Å². The van der Waals surface area contributed by atoms with Crippen molar-refractivity contribution in [2.75, 3.05) is 17.2 Å². The molecule has 11 heteroatoms. The molecule has 0 fully saturated rings. The minimum Gasteiger partial charge on any atom is -0.462 e. The van der Waals surface area contributed by atoms with E-state index < -0.39 is 23.0 Å². The Morgan fingerprint density at radius 3 is 2.36 bits per heavy atom. The molecular formula is C45H42N4O5S2. The van der Waals surface area contributed by atoms with E-state index in [1.54, 1.807) is 55.6 Å². The summed E-state index contributed by atoms with van der Waals surface area (Å²) in [5.41, 5.74) is 4.84. The summed E-state index contributed by atoms with van der Waals surface area (Å²) in [5, 5.41) is 9.64. The number of aryl methyl sites for hydroxylation is 1. The Morgan fingerprint density at radius 2 is 1.57 bits per heavy atom.